The van der Waals surface area contributed by atoms with Gasteiger partial charge in [0.2, 0.25) is 0 Å². The Balaban J connectivity index is 2.46. The molecule has 0 saturated heterocycles. The average molecular weight is 188 g/mol. The molecule has 2 nitrogen and oxygen atoms in total. The van der Waals surface area contributed by atoms with Gasteiger partial charge in [-0.05, 0) is 18.1 Å². The van der Waals surface area contributed by atoms with Crippen LogP contribution in [0.15, 0.2) is 22.6 Å². The SMILES string of the molecule is CC(=O)c1cc2c(o1)C=CC(C)C=C2. The first-order valence-electron chi connectivity index (χ1n) is 4.68. The third-order valence-corrected chi connectivity index (χ3v) is 2.27. The van der Waals surface area contributed by atoms with Crippen molar-refractivity contribution < 1.29 is 9.21 Å². The van der Waals surface area contributed by atoms with Crippen LogP contribution in [0.2, 0.25) is 0 Å². The molecule has 0 aromatic carbocycles. The smallest absolute Gasteiger partial charge is 0.194 e. The fraction of sp³-hybridized carbons (Fsp3) is 0.250. The van der Waals surface area contributed by atoms with Crippen LogP contribution in [0.25, 0.3) is 12.2 Å². The van der Waals surface area contributed by atoms with Crippen molar-refractivity contribution in [3.05, 3.63) is 35.3 Å². The molecule has 72 valence electrons. The van der Waals surface area contributed by atoms with Crippen LogP contribution >= 0.6 is 0 Å². The van der Waals surface area contributed by atoms with E-state index < -0.39 is 0 Å². The van der Waals surface area contributed by atoms with Crippen LogP contribution in [0.4, 0.5) is 0 Å². The molecule has 2 rings (SSSR count). The predicted molar refractivity (Wildman–Crippen MR) is 55.9 cm³/mol. The Kier molecular flexibility index (Phi) is 2.12. The first-order chi connectivity index (χ1) is 6.66. The highest BCUT2D eigenvalue weighted by molar-refractivity contribution is 5.92. The molecular weight excluding hydrogens is 176 g/mol. The van der Waals surface area contributed by atoms with E-state index in [0.717, 1.165) is 11.3 Å². The summed E-state index contributed by atoms with van der Waals surface area (Å²) in [5.74, 6) is 1.58. The Morgan fingerprint density at radius 1 is 1.36 bits per heavy atom. The van der Waals surface area contributed by atoms with Crippen molar-refractivity contribution in [2.75, 3.05) is 0 Å². The maximum atomic E-state index is 11.1. The summed E-state index contributed by atoms with van der Waals surface area (Å²) in [6, 6.07) is 1.79. The third kappa shape index (κ3) is 1.55. The van der Waals surface area contributed by atoms with Crippen LogP contribution in [0.3, 0.4) is 0 Å². The molecule has 0 amide bonds. The van der Waals surface area contributed by atoms with Gasteiger partial charge >= 0.3 is 0 Å². The number of carbonyl (C=O) groups is 1. The molecule has 1 atom stereocenters. The van der Waals surface area contributed by atoms with Crippen molar-refractivity contribution in [1.29, 1.82) is 0 Å². The van der Waals surface area contributed by atoms with Gasteiger partial charge < -0.3 is 4.42 Å². The summed E-state index contributed by atoms with van der Waals surface area (Å²) in [5.41, 5.74) is 0.982. The maximum absolute atomic E-state index is 11.1. The fourth-order valence-electron chi connectivity index (χ4n) is 1.41. The van der Waals surface area contributed by atoms with Gasteiger partial charge in [-0.3, -0.25) is 4.79 Å². The van der Waals surface area contributed by atoms with Gasteiger partial charge in [0, 0.05) is 12.5 Å². The quantitative estimate of drug-likeness (QED) is 0.634. The van der Waals surface area contributed by atoms with E-state index in [9.17, 15) is 4.79 Å². The molecule has 1 unspecified atom stereocenters. The van der Waals surface area contributed by atoms with Gasteiger partial charge in [0.05, 0.1) is 0 Å². The number of carbonyl (C=O) groups excluding carboxylic acids is 1. The Bertz CT molecular complexity index is 390. The summed E-state index contributed by atoms with van der Waals surface area (Å²) in [4.78, 5) is 11.1. The Morgan fingerprint density at radius 2 is 2.07 bits per heavy atom. The largest absolute Gasteiger partial charge is 0.453 e. The molecule has 0 spiro atoms. The van der Waals surface area contributed by atoms with Gasteiger partial charge in [-0.2, -0.15) is 0 Å². The van der Waals surface area contributed by atoms with Crippen LogP contribution in [0.1, 0.15) is 35.7 Å². The van der Waals surface area contributed by atoms with Crippen LogP contribution in [-0.2, 0) is 0 Å². The highest BCUT2D eigenvalue weighted by Gasteiger charge is 2.11. The number of rotatable bonds is 1. The normalized spacial score (nSPS) is 19.1. The van der Waals surface area contributed by atoms with Crippen LogP contribution in [-0.4, -0.2) is 5.78 Å². The van der Waals surface area contributed by atoms with Crippen molar-refractivity contribution in [2.24, 2.45) is 5.92 Å². The van der Waals surface area contributed by atoms with Crippen molar-refractivity contribution in [3.63, 3.8) is 0 Å². The minimum Gasteiger partial charge on any atom is -0.453 e. The third-order valence-electron chi connectivity index (χ3n) is 2.27. The molecule has 1 aliphatic carbocycles. The first-order valence-corrected chi connectivity index (χ1v) is 4.68. The second-order valence-electron chi connectivity index (χ2n) is 3.56. The number of fused-ring (bicyclic) bond motifs is 1. The zero-order chi connectivity index (χ0) is 10.1. The van der Waals surface area contributed by atoms with Gasteiger partial charge in [0.15, 0.2) is 11.5 Å². The molecule has 1 aromatic heterocycles. The molecule has 0 saturated carbocycles. The molecule has 0 aliphatic heterocycles. The first kappa shape index (κ1) is 9.00. The van der Waals surface area contributed by atoms with Crippen molar-refractivity contribution in [3.8, 4) is 0 Å². The molecule has 1 heterocycles. The number of furan rings is 1. The monoisotopic (exact) mass is 188 g/mol. The fourth-order valence-corrected chi connectivity index (χ4v) is 1.41. The second kappa shape index (κ2) is 3.29. The molecule has 2 heteroatoms. The molecule has 0 fully saturated rings. The van der Waals surface area contributed by atoms with E-state index in [1.165, 1.54) is 6.92 Å². The molecule has 1 aromatic rings. The van der Waals surface area contributed by atoms with Crippen LogP contribution < -0.4 is 0 Å². The lowest BCUT2D eigenvalue weighted by Gasteiger charge is -1.92. The lowest BCUT2D eigenvalue weighted by Crippen LogP contribution is -1.86. The number of hydrogen-bond donors (Lipinski definition) is 0. The summed E-state index contributed by atoms with van der Waals surface area (Å²) in [7, 11) is 0. The highest BCUT2D eigenvalue weighted by atomic mass is 16.3. The summed E-state index contributed by atoms with van der Waals surface area (Å²) in [6.07, 6.45) is 8.06. The van der Waals surface area contributed by atoms with Crippen molar-refractivity contribution in [2.45, 2.75) is 13.8 Å². The van der Waals surface area contributed by atoms with Gasteiger partial charge in [0.1, 0.15) is 5.76 Å². The van der Waals surface area contributed by atoms with Crippen molar-refractivity contribution >= 4 is 17.9 Å². The summed E-state index contributed by atoms with van der Waals surface area (Å²) >= 11 is 0. The Morgan fingerprint density at radius 3 is 2.79 bits per heavy atom. The number of ketones is 1. The van der Waals surface area contributed by atoms with Gasteiger partial charge in [0.25, 0.3) is 0 Å². The molecular formula is C12H12O2. The minimum atomic E-state index is -0.0343. The molecule has 0 bridgehead atoms. The van der Waals surface area contributed by atoms with E-state index in [2.05, 4.69) is 19.1 Å². The molecule has 0 radical (unpaired) electrons. The van der Waals surface area contributed by atoms with Gasteiger partial charge in [-0.25, -0.2) is 0 Å². The standard InChI is InChI=1S/C12H12O2/c1-8-3-5-10-7-12(9(2)13)14-11(10)6-4-8/h3-8H,1-2H3. The van der Waals surface area contributed by atoms with Crippen molar-refractivity contribution in [1.82, 2.24) is 0 Å². The van der Waals surface area contributed by atoms with E-state index in [1.54, 1.807) is 6.07 Å². The summed E-state index contributed by atoms with van der Waals surface area (Å²) < 4.78 is 5.41. The van der Waals surface area contributed by atoms with Crippen LogP contribution in [0, 0.1) is 5.92 Å². The lowest BCUT2D eigenvalue weighted by molar-refractivity contribution is 0.0987. The van der Waals surface area contributed by atoms with Gasteiger partial charge in [-0.15, -0.1) is 0 Å². The minimum absolute atomic E-state index is 0.0343. The molecule has 14 heavy (non-hydrogen) atoms. The highest BCUT2D eigenvalue weighted by Crippen LogP contribution is 2.23. The zero-order valence-electron chi connectivity index (χ0n) is 8.28. The van der Waals surface area contributed by atoms with Crippen LogP contribution in [0.5, 0.6) is 0 Å². The molecule has 0 N–H and O–H groups in total. The number of allylic oxidation sites excluding steroid dienone is 2. The summed E-state index contributed by atoms with van der Waals surface area (Å²) in [6.45, 7) is 3.61. The number of Topliss-reactive ketones (excluding diaryl/α,β-unsaturated/α-hetero) is 1. The average Bonchev–Trinajstić information content (AvgIpc) is 2.48. The molecule has 1 aliphatic rings. The Hall–Kier alpha value is -1.57. The van der Waals surface area contributed by atoms with E-state index in [0.29, 0.717) is 11.7 Å². The summed E-state index contributed by atoms with van der Waals surface area (Å²) in [5, 5.41) is 0. The maximum Gasteiger partial charge on any atom is 0.194 e. The number of hydrogen-bond acceptors (Lipinski definition) is 2. The topological polar surface area (TPSA) is 30.2 Å². The van der Waals surface area contributed by atoms with E-state index in [4.69, 9.17) is 4.42 Å². The second-order valence-corrected chi connectivity index (χ2v) is 3.56. The van der Waals surface area contributed by atoms with E-state index >= 15 is 0 Å². The lowest BCUT2D eigenvalue weighted by atomic mass is 10.1. The van der Waals surface area contributed by atoms with E-state index in [1.807, 2.05) is 12.2 Å². The van der Waals surface area contributed by atoms with Gasteiger partial charge in [-0.1, -0.05) is 25.2 Å². The Labute approximate surface area is 82.9 Å². The predicted octanol–water partition coefficient (Wildman–Crippen LogP) is 3.16. The zero-order valence-corrected chi connectivity index (χ0v) is 8.28. The van der Waals surface area contributed by atoms with E-state index in [-0.39, 0.29) is 5.78 Å².